The van der Waals surface area contributed by atoms with Crippen LogP contribution in [0.5, 0.6) is 0 Å². The van der Waals surface area contributed by atoms with Gasteiger partial charge in [-0.1, -0.05) is 42.5 Å². The summed E-state index contributed by atoms with van der Waals surface area (Å²) in [5.74, 6) is 0.456. The van der Waals surface area contributed by atoms with E-state index in [0.29, 0.717) is 41.8 Å². The first-order chi connectivity index (χ1) is 26.5. The van der Waals surface area contributed by atoms with Gasteiger partial charge >= 0.3 is 23.8 Å². The summed E-state index contributed by atoms with van der Waals surface area (Å²) >= 11 is 1.77. The minimum atomic E-state index is -1.02. The molecule has 0 spiro atoms. The average molecular weight is 773 g/mol. The molecular formula is C39H44N6O9S. The lowest BCUT2D eigenvalue weighted by Crippen LogP contribution is -2.56. The number of fused-ring (bicyclic) bond motifs is 1. The van der Waals surface area contributed by atoms with E-state index in [0.717, 1.165) is 28.0 Å². The van der Waals surface area contributed by atoms with Gasteiger partial charge < -0.3 is 40.9 Å². The van der Waals surface area contributed by atoms with Gasteiger partial charge in [0.05, 0.1) is 0 Å². The number of ether oxygens (including phenoxy) is 2. The Kier molecular flexibility index (Phi) is 14.5. The molecule has 0 radical (unpaired) electrons. The molecule has 2 atom stereocenters. The molecule has 0 saturated carbocycles. The van der Waals surface area contributed by atoms with Gasteiger partial charge in [-0.25, -0.2) is 19.2 Å². The molecule has 16 heteroatoms. The second-order valence-electron chi connectivity index (χ2n) is 13.0. The number of carbonyl (C=O) groups excluding carboxylic acids is 5. The molecule has 6 amide bonds. The number of anilines is 2. The molecule has 15 nitrogen and oxygen atoms in total. The van der Waals surface area contributed by atoms with Crippen LogP contribution in [0.15, 0.2) is 88.1 Å². The van der Waals surface area contributed by atoms with E-state index in [1.165, 1.54) is 6.07 Å². The number of hydrogen-bond acceptors (Lipinski definition) is 10. The number of alkyl carbamates (subject to hydrolysis) is 1. The summed E-state index contributed by atoms with van der Waals surface area (Å²) < 4.78 is 16.0. The summed E-state index contributed by atoms with van der Waals surface area (Å²) in [5.41, 5.74) is 8.04. The third-order valence-electron chi connectivity index (χ3n) is 8.90. The lowest BCUT2D eigenvalue weighted by Gasteiger charge is -2.31. The Labute approximate surface area is 321 Å². The molecule has 1 fully saturated rings. The number of carbonyl (C=O) groups is 5. The van der Waals surface area contributed by atoms with Crippen molar-refractivity contribution in [2.24, 2.45) is 11.7 Å². The van der Waals surface area contributed by atoms with Crippen molar-refractivity contribution in [1.82, 2.24) is 16.0 Å². The van der Waals surface area contributed by atoms with Gasteiger partial charge in [0, 0.05) is 35.4 Å². The molecule has 1 saturated heterocycles. The quantitative estimate of drug-likeness (QED) is 0.0689. The predicted octanol–water partition coefficient (Wildman–Crippen LogP) is 5.16. The molecule has 2 heterocycles. The Balaban J connectivity index is 1.18. The number of thioether (sulfide) groups is 1. The van der Waals surface area contributed by atoms with E-state index in [1.807, 2.05) is 30.3 Å². The average Bonchev–Trinajstić information content (AvgIpc) is 3.17. The normalized spacial score (nSPS) is 13.8. The first-order valence-electron chi connectivity index (χ1n) is 17.8. The van der Waals surface area contributed by atoms with Gasteiger partial charge in [-0.3, -0.25) is 14.9 Å². The van der Waals surface area contributed by atoms with Crippen molar-refractivity contribution in [2.75, 3.05) is 28.7 Å². The highest BCUT2D eigenvalue weighted by molar-refractivity contribution is 7.99. The standard InChI is InChI=1S/C39H44N6O9S/c1-24-20-33(46)54-32-21-29(13-14-30(24)32)43-38(50)52-23-26-9-11-28(12-10-26)42-35(47)31(8-5-17-41-37(40)49)44-36(48)34(27-15-18-55-19-16-27)45-39(51)53-22-25-6-3-2-4-7-25/h2-4,6-7,9-14,20-21,27,31,34H,5,8,15-19,22-23H2,1H3,(H,42,47)(H,43,50)(H,44,48)(H,45,51)(H3,40,41,49)/t31-,34-/m0/s1. The minimum Gasteiger partial charge on any atom is -0.445 e. The van der Waals surface area contributed by atoms with Gasteiger partial charge in [0.15, 0.2) is 0 Å². The monoisotopic (exact) mass is 772 g/mol. The first-order valence-corrected chi connectivity index (χ1v) is 19.0. The largest absolute Gasteiger partial charge is 0.445 e. The van der Waals surface area contributed by atoms with E-state index in [9.17, 15) is 28.8 Å². The van der Waals surface area contributed by atoms with Crippen molar-refractivity contribution >= 4 is 64.1 Å². The zero-order chi connectivity index (χ0) is 39.2. The van der Waals surface area contributed by atoms with E-state index >= 15 is 0 Å². The number of nitrogens with two attached hydrogens (primary N) is 1. The van der Waals surface area contributed by atoms with E-state index in [1.54, 1.807) is 61.2 Å². The number of amides is 6. The van der Waals surface area contributed by atoms with E-state index in [-0.39, 0.29) is 32.1 Å². The van der Waals surface area contributed by atoms with Gasteiger partial charge in [0.1, 0.15) is 30.9 Å². The summed E-state index contributed by atoms with van der Waals surface area (Å²) in [4.78, 5) is 75.7. The van der Waals surface area contributed by atoms with Crippen molar-refractivity contribution < 1.29 is 37.9 Å². The summed E-state index contributed by atoms with van der Waals surface area (Å²) in [6.07, 6.45) is 0.412. The first kappa shape index (κ1) is 40.2. The fraction of sp³-hybridized carbons (Fsp3) is 0.333. The molecule has 0 aliphatic carbocycles. The van der Waals surface area contributed by atoms with E-state index in [4.69, 9.17) is 19.6 Å². The number of nitrogens with one attached hydrogen (secondary N) is 5. The maximum absolute atomic E-state index is 13.8. The second kappa shape index (κ2) is 19.9. The Morgan fingerprint density at radius 3 is 2.20 bits per heavy atom. The van der Waals surface area contributed by atoms with Gasteiger partial charge in [-0.2, -0.15) is 11.8 Å². The number of primary amides is 1. The number of hydrogen-bond donors (Lipinski definition) is 6. The van der Waals surface area contributed by atoms with Crippen LogP contribution >= 0.6 is 11.8 Å². The van der Waals surface area contributed by atoms with Crippen molar-refractivity contribution in [3.8, 4) is 0 Å². The Hall–Kier alpha value is -6.03. The summed E-state index contributed by atoms with van der Waals surface area (Å²) in [5, 5.41) is 14.2. The highest BCUT2D eigenvalue weighted by Crippen LogP contribution is 2.26. The van der Waals surface area contributed by atoms with Crippen LogP contribution < -0.4 is 37.9 Å². The Morgan fingerprint density at radius 2 is 1.49 bits per heavy atom. The predicted molar refractivity (Wildman–Crippen MR) is 208 cm³/mol. The maximum Gasteiger partial charge on any atom is 0.411 e. The third kappa shape index (κ3) is 12.5. The van der Waals surface area contributed by atoms with Crippen molar-refractivity contribution in [2.45, 2.75) is 57.9 Å². The summed E-state index contributed by atoms with van der Waals surface area (Å²) in [6, 6.07) is 19.4. The molecular weight excluding hydrogens is 729 g/mol. The number of rotatable bonds is 15. The van der Waals surface area contributed by atoms with E-state index < -0.39 is 47.7 Å². The van der Waals surface area contributed by atoms with Crippen LogP contribution in [0.2, 0.25) is 0 Å². The van der Waals surface area contributed by atoms with E-state index in [2.05, 4.69) is 26.6 Å². The highest BCUT2D eigenvalue weighted by Gasteiger charge is 2.34. The van der Waals surface area contributed by atoms with Crippen molar-refractivity contribution in [3.05, 3.63) is 106 Å². The molecule has 55 heavy (non-hydrogen) atoms. The number of urea groups is 1. The van der Waals surface area contributed by atoms with Crippen molar-refractivity contribution in [1.29, 1.82) is 0 Å². The molecule has 7 N–H and O–H groups in total. The van der Waals surface area contributed by atoms with Crippen LogP contribution in [0, 0.1) is 12.8 Å². The molecule has 290 valence electrons. The van der Waals surface area contributed by atoms with Crippen LogP contribution in [-0.2, 0) is 32.3 Å². The Bertz CT molecular complexity index is 2020. The minimum absolute atomic E-state index is 0.0322. The van der Waals surface area contributed by atoms with Gasteiger partial charge in [0.2, 0.25) is 11.8 Å². The lowest BCUT2D eigenvalue weighted by atomic mass is 9.92. The fourth-order valence-corrected chi connectivity index (χ4v) is 7.15. The van der Waals surface area contributed by atoms with Crippen LogP contribution in [-0.4, -0.2) is 60.2 Å². The van der Waals surface area contributed by atoms with Crippen LogP contribution in [0.25, 0.3) is 11.0 Å². The van der Waals surface area contributed by atoms with Crippen LogP contribution in [0.3, 0.4) is 0 Å². The topological polar surface area (TPSA) is 220 Å². The van der Waals surface area contributed by atoms with Crippen LogP contribution in [0.4, 0.5) is 25.8 Å². The SMILES string of the molecule is Cc1cc(=O)oc2cc(NC(=O)OCc3ccc(NC(=O)[C@H](CCCNC(N)=O)NC(=O)[C@@H](NC(=O)OCc4ccccc4)C4CCSCC4)cc3)ccc12. The molecule has 1 aromatic heterocycles. The number of benzene rings is 3. The molecule has 1 aliphatic rings. The molecule has 0 unspecified atom stereocenters. The van der Waals surface area contributed by atoms with Gasteiger partial charge in [0.25, 0.3) is 0 Å². The zero-order valence-corrected chi connectivity index (χ0v) is 31.1. The second-order valence-corrected chi connectivity index (χ2v) is 14.2. The molecule has 5 rings (SSSR count). The highest BCUT2D eigenvalue weighted by atomic mass is 32.2. The molecule has 1 aliphatic heterocycles. The molecule has 3 aromatic carbocycles. The molecule has 4 aromatic rings. The maximum atomic E-state index is 13.8. The zero-order valence-electron chi connectivity index (χ0n) is 30.3. The third-order valence-corrected chi connectivity index (χ3v) is 9.95. The van der Waals surface area contributed by atoms with Crippen LogP contribution in [0.1, 0.15) is 42.4 Å². The smallest absolute Gasteiger partial charge is 0.411 e. The lowest BCUT2D eigenvalue weighted by molar-refractivity contribution is -0.129. The molecule has 0 bridgehead atoms. The summed E-state index contributed by atoms with van der Waals surface area (Å²) in [7, 11) is 0. The van der Waals surface area contributed by atoms with Crippen molar-refractivity contribution in [3.63, 3.8) is 0 Å². The Morgan fingerprint density at radius 1 is 0.818 bits per heavy atom. The van der Waals surface area contributed by atoms with Gasteiger partial charge in [-0.05, 0) is 91.0 Å². The fourth-order valence-electron chi connectivity index (χ4n) is 6.01. The number of aryl methyl sites for hydroxylation is 1. The summed E-state index contributed by atoms with van der Waals surface area (Å²) in [6.45, 7) is 1.93. The van der Waals surface area contributed by atoms with Gasteiger partial charge in [-0.15, -0.1) is 0 Å².